The second-order valence-electron chi connectivity index (χ2n) is 5.72. The SMILES string of the molecule is O=C(CCCCC(F)(F)F)NCc1ccc(-c2noc(C(F)(F)F)n2)cc1. The molecule has 1 amide bonds. The number of alkyl halides is 6. The average Bonchev–Trinajstić information content (AvgIpc) is 3.07. The molecule has 0 radical (unpaired) electrons. The van der Waals surface area contributed by atoms with Gasteiger partial charge < -0.3 is 9.84 Å². The number of nitrogens with zero attached hydrogens (tertiary/aromatic N) is 2. The lowest BCUT2D eigenvalue weighted by Crippen LogP contribution is -2.22. The number of nitrogens with one attached hydrogen (secondary N) is 1. The number of hydrogen-bond donors (Lipinski definition) is 1. The smallest absolute Gasteiger partial charge is 0.352 e. The van der Waals surface area contributed by atoms with Gasteiger partial charge in [-0.05, 0) is 18.4 Å². The molecule has 0 aliphatic rings. The zero-order valence-corrected chi connectivity index (χ0v) is 13.8. The summed E-state index contributed by atoms with van der Waals surface area (Å²) in [5.41, 5.74) is 0.957. The maximum atomic E-state index is 12.4. The fourth-order valence-corrected chi connectivity index (χ4v) is 2.13. The van der Waals surface area contributed by atoms with Gasteiger partial charge in [-0.1, -0.05) is 29.4 Å². The molecule has 0 fully saturated rings. The van der Waals surface area contributed by atoms with E-state index in [1.807, 2.05) is 0 Å². The van der Waals surface area contributed by atoms with Gasteiger partial charge in [-0.2, -0.15) is 31.3 Å². The minimum Gasteiger partial charge on any atom is -0.352 e. The molecule has 2 aromatic rings. The Bertz CT molecular complexity index is 753. The molecule has 0 bridgehead atoms. The summed E-state index contributed by atoms with van der Waals surface area (Å²) in [6, 6.07) is 6.05. The normalized spacial score (nSPS) is 12.2. The van der Waals surface area contributed by atoms with E-state index in [2.05, 4.69) is 20.0 Å². The Morgan fingerprint density at radius 1 is 1.04 bits per heavy atom. The van der Waals surface area contributed by atoms with E-state index in [0.29, 0.717) is 11.1 Å². The Labute approximate surface area is 149 Å². The van der Waals surface area contributed by atoms with Gasteiger partial charge in [-0.25, -0.2) is 0 Å². The van der Waals surface area contributed by atoms with Gasteiger partial charge >= 0.3 is 18.2 Å². The Morgan fingerprint density at radius 2 is 1.70 bits per heavy atom. The van der Waals surface area contributed by atoms with Gasteiger partial charge in [0.2, 0.25) is 11.7 Å². The summed E-state index contributed by atoms with van der Waals surface area (Å²) in [4.78, 5) is 14.9. The van der Waals surface area contributed by atoms with Crippen LogP contribution in [-0.4, -0.2) is 22.2 Å². The molecule has 11 heteroatoms. The van der Waals surface area contributed by atoms with Crippen LogP contribution in [0, 0.1) is 0 Å². The summed E-state index contributed by atoms with van der Waals surface area (Å²) in [6.07, 6.45) is -9.88. The minimum absolute atomic E-state index is 0.0166. The van der Waals surface area contributed by atoms with E-state index in [1.165, 1.54) is 12.1 Å². The highest BCUT2D eigenvalue weighted by atomic mass is 19.4. The quantitative estimate of drug-likeness (QED) is 0.554. The zero-order chi connectivity index (χ0) is 20.1. The van der Waals surface area contributed by atoms with Crippen molar-refractivity contribution in [2.75, 3.05) is 0 Å². The summed E-state index contributed by atoms with van der Waals surface area (Å²) >= 11 is 0. The molecule has 0 atom stereocenters. The predicted octanol–water partition coefficient (Wildman–Crippen LogP) is 4.49. The molecule has 1 aromatic carbocycles. The molecule has 0 saturated carbocycles. The molecular weight excluding hydrogens is 380 g/mol. The Hall–Kier alpha value is -2.59. The highest BCUT2D eigenvalue weighted by molar-refractivity contribution is 5.75. The third-order valence-corrected chi connectivity index (χ3v) is 3.48. The van der Waals surface area contributed by atoms with E-state index >= 15 is 0 Å². The Kier molecular flexibility index (Phi) is 6.45. The van der Waals surface area contributed by atoms with Crippen LogP contribution in [0.4, 0.5) is 26.3 Å². The first-order chi connectivity index (χ1) is 12.5. The van der Waals surface area contributed by atoms with Gasteiger partial charge in [0, 0.05) is 24.9 Å². The van der Waals surface area contributed by atoms with Gasteiger partial charge in [-0.15, -0.1) is 0 Å². The molecule has 0 unspecified atom stereocenters. The maximum absolute atomic E-state index is 12.4. The van der Waals surface area contributed by atoms with Crippen molar-refractivity contribution >= 4 is 5.91 Å². The first-order valence-electron chi connectivity index (χ1n) is 7.88. The first kappa shape index (κ1) is 20.7. The number of amides is 1. The number of halogens is 6. The highest BCUT2D eigenvalue weighted by Crippen LogP contribution is 2.29. The van der Waals surface area contributed by atoms with Crippen molar-refractivity contribution in [1.29, 1.82) is 0 Å². The lowest BCUT2D eigenvalue weighted by Gasteiger charge is -2.07. The van der Waals surface area contributed by atoms with E-state index in [-0.39, 0.29) is 37.5 Å². The lowest BCUT2D eigenvalue weighted by atomic mass is 10.1. The summed E-state index contributed by atoms with van der Waals surface area (Å²) in [5.74, 6) is -2.05. The van der Waals surface area contributed by atoms with Gasteiger partial charge in [0.25, 0.3) is 0 Å². The fourth-order valence-electron chi connectivity index (χ4n) is 2.13. The topological polar surface area (TPSA) is 68.0 Å². The van der Waals surface area contributed by atoms with E-state index in [4.69, 9.17) is 0 Å². The van der Waals surface area contributed by atoms with Crippen LogP contribution in [0.1, 0.15) is 37.1 Å². The number of benzene rings is 1. The molecule has 0 saturated heterocycles. The average molecular weight is 395 g/mol. The summed E-state index contributed by atoms with van der Waals surface area (Å²) < 4.78 is 77.4. The van der Waals surface area contributed by atoms with Crippen LogP contribution in [0.5, 0.6) is 0 Å². The number of unbranched alkanes of at least 4 members (excludes halogenated alkanes) is 1. The van der Waals surface area contributed by atoms with Crippen LogP contribution < -0.4 is 5.32 Å². The van der Waals surface area contributed by atoms with Crippen LogP contribution >= 0.6 is 0 Å². The zero-order valence-electron chi connectivity index (χ0n) is 13.8. The Balaban J connectivity index is 1.80. The number of aromatic nitrogens is 2. The first-order valence-corrected chi connectivity index (χ1v) is 7.88. The molecule has 2 rings (SSSR count). The summed E-state index contributed by atoms with van der Waals surface area (Å²) in [5, 5.41) is 5.82. The molecule has 27 heavy (non-hydrogen) atoms. The molecule has 0 aliphatic heterocycles. The fraction of sp³-hybridized carbons (Fsp3) is 0.438. The number of rotatable bonds is 7. The van der Waals surface area contributed by atoms with E-state index in [9.17, 15) is 31.1 Å². The largest absolute Gasteiger partial charge is 0.471 e. The standard InChI is InChI=1S/C16H15F6N3O2/c17-15(18,19)8-2-1-3-12(26)23-9-10-4-6-11(7-5-10)13-24-14(27-25-13)16(20,21)22/h4-7H,1-3,8-9H2,(H,23,26). The van der Waals surface area contributed by atoms with Crippen LogP contribution in [-0.2, 0) is 17.5 Å². The molecule has 1 N–H and O–H groups in total. The van der Waals surface area contributed by atoms with Crippen LogP contribution in [0.25, 0.3) is 11.4 Å². The second kappa shape index (κ2) is 8.40. The molecule has 5 nitrogen and oxygen atoms in total. The number of hydrogen-bond acceptors (Lipinski definition) is 4. The van der Waals surface area contributed by atoms with Crippen molar-refractivity contribution in [2.45, 2.75) is 44.6 Å². The highest BCUT2D eigenvalue weighted by Gasteiger charge is 2.38. The van der Waals surface area contributed by atoms with E-state index in [0.717, 1.165) is 0 Å². The molecule has 0 spiro atoms. The molecule has 148 valence electrons. The van der Waals surface area contributed by atoms with Crippen molar-refractivity contribution in [3.05, 3.63) is 35.7 Å². The lowest BCUT2D eigenvalue weighted by molar-refractivity contribution is -0.159. The summed E-state index contributed by atoms with van der Waals surface area (Å²) in [6.45, 7) is 0.137. The van der Waals surface area contributed by atoms with Gasteiger partial charge in [0.15, 0.2) is 0 Å². The number of carbonyl (C=O) groups is 1. The maximum Gasteiger partial charge on any atom is 0.471 e. The van der Waals surface area contributed by atoms with Crippen molar-refractivity contribution in [1.82, 2.24) is 15.5 Å². The second-order valence-corrected chi connectivity index (χ2v) is 5.72. The Morgan fingerprint density at radius 3 is 2.26 bits per heavy atom. The predicted molar refractivity (Wildman–Crippen MR) is 81.1 cm³/mol. The van der Waals surface area contributed by atoms with E-state index < -0.39 is 24.7 Å². The van der Waals surface area contributed by atoms with Crippen LogP contribution in [0.3, 0.4) is 0 Å². The number of carbonyl (C=O) groups excluding carboxylic acids is 1. The molecule has 1 heterocycles. The third kappa shape index (κ3) is 6.91. The van der Waals surface area contributed by atoms with Crippen molar-refractivity contribution in [2.24, 2.45) is 0 Å². The van der Waals surface area contributed by atoms with Crippen molar-refractivity contribution in [3.63, 3.8) is 0 Å². The van der Waals surface area contributed by atoms with E-state index in [1.54, 1.807) is 12.1 Å². The van der Waals surface area contributed by atoms with Gasteiger partial charge in [0.05, 0.1) is 0 Å². The minimum atomic E-state index is -4.73. The van der Waals surface area contributed by atoms with Crippen molar-refractivity contribution < 1.29 is 35.7 Å². The third-order valence-electron chi connectivity index (χ3n) is 3.48. The molecular formula is C16H15F6N3O2. The monoisotopic (exact) mass is 395 g/mol. The van der Waals surface area contributed by atoms with Crippen LogP contribution in [0.15, 0.2) is 28.8 Å². The van der Waals surface area contributed by atoms with Gasteiger partial charge in [0.1, 0.15) is 0 Å². The van der Waals surface area contributed by atoms with Crippen molar-refractivity contribution in [3.8, 4) is 11.4 Å². The summed E-state index contributed by atoms with van der Waals surface area (Å²) in [7, 11) is 0. The molecule has 1 aromatic heterocycles. The van der Waals surface area contributed by atoms with Crippen LogP contribution in [0.2, 0.25) is 0 Å². The molecule has 0 aliphatic carbocycles. The van der Waals surface area contributed by atoms with Gasteiger partial charge in [-0.3, -0.25) is 4.79 Å².